The molecule has 0 aliphatic heterocycles. The average Bonchev–Trinajstić information content (AvgIpc) is 3.39. The fourth-order valence-electron chi connectivity index (χ4n) is 5.04. The molecule has 0 saturated heterocycles. The van der Waals surface area contributed by atoms with Gasteiger partial charge in [0.15, 0.2) is 11.5 Å². The van der Waals surface area contributed by atoms with Gasteiger partial charge in [0.1, 0.15) is 0 Å². The minimum atomic E-state index is -0.479. The molecule has 2 heterocycles. The quantitative estimate of drug-likeness (QED) is 0.249. The summed E-state index contributed by atoms with van der Waals surface area (Å²) < 4.78 is 16.5. The van der Waals surface area contributed by atoms with Crippen molar-refractivity contribution in [3.63, 3.8) is 0 Å². The van der Waals surface area contributed by atoms with E-state index in [4.69, 9.17) is 19.2 Å². The first kappa shape index (κ1) is 26.1. The lowest BCUT2D eigenvalue weighted by atomic mass is 10.0. The van der Waals surface area contributed by atoms with Crippen LogP contribution in [0.4, 0.5) is 0 Å². The van der Waals surface area contributed by atoms with E-state index in [9.17, 15) is 9.90 Å². The summed E-state index contributed by atoms with van der Waals surface area (Å²) in [7, 11) is 4.65. The van der Waals surface area contributed by atoms with Gasteiger partial charge in [0.2, 0.25) is 5.75 Å². The van der Waals surface area contributed by atoms with Gasteiger partial charge in [-0.25, -0.2) is 4.98 Å². The van der Waals surface area contributed by atoms with Gasteiger partial charge in [0.25, 0.3) is 5.91 Å². The predicted octanol–water partition coefficient (Wildman–Crippen LogP) is 5.05. The minimum absolute atomic E-state index is 0.201. The highest BCUT2D eigenvalue weighted by molar-refractivity contribution is 6.07. The van der Waals surface area contributed by atoms with Gasteiger partial charge in [0.05, 0.1) is 50.8 Å². The minimum Gasteiger partial charge on any atom is -0.493 e. The number of rotatable bonds is 9. The number of hydrogen-bond donors (Lipinski definition) is 3. The smallest absolute Gasteiger partial charge is 0.252 e. The van der Waals surface area contributed by atoms with Crippen molar-refractivity contribution in [3.8, 4) is 28.5 Å². The van der Waals surface area contributed by atoms with Crippen LogP contribution in [0.5, 0.6) is 17.2 Å². The maximum Gasteiger partial charge on any atom is 0.252 e. The van der Waals surface area contributed by atoms with Crippen molar-refractivity contribution in [1.29, 1.82) is 0 Å². The zero-order chi connectivity index (χ0) is 27.5. The van der Waals surface area contributed by atoms with Crippen molar-refractivity contribution in [2.75, 3.05) is 27.9 Å². The molecule has 3 aromatic carbocycles. The monoisotopic (exact) mass is 525 g/mol. The van der Waals surface area contributed by atoms with Crippen LogP contribution >= 0.6 is 0 Å². The molecule has 8 nitrogen and oxygen atoms in total. The zero-order valence-electron chi connectivity index (χ0n) is 22.4. The summed E-state index contributed by atoms with van der Waals surface area (Å²) in [5.74, 6) is 1.16. The number of carbonyl (C=O) groups excluding carboxylic acids is 1. The topological polar surface area (TPSA) is 106 Å². The van der Waals surface area contributed by atoms with Gasteiger partial charge in [-0.3, -0.25) is 4.79 Å². The molecule has 0 unspecified atom stereocenters. The van der Waals surface area contributed by atoms with E-state index in [0.717, 1.165) is 22.0 Å². The van der Waals surface area contributed by atoms with Crippen molar-refractivity contribution < 1.29 is 24.1 Å². The highest BCUT2D eigenvalue weighted by Crippen LogP contribution is 2.41. The zero-order valence-corrected chi connectivity index (χ0v) is 22.4. The third kappa shape index (κ3) is 4.98. The number of fused-ring (bicyclic) bond motifs is 2. The molecule has 0 radical (unpaired) electrons. The maximum absolute atomic E-state index is 13.7. The number of methoxy groups -OCH3 is 3. The van der Waals surface area contributed by atoms with Gasteiger partial charge < -0.3 is 29.6 Å². The number of ether oxygens (including phenoxy) is 3. The van der Waals surface area contributed by atoms with E-state index >= 15 is 0 Å². The third-order valence-corrected chi connectivity index (χ3v) is 6.94. The van der Waals surface area contributed by atoms with Gasteiger partial charge in [-0.15, -0.1) is 0 Å². The second kappa shape index (κ2) is 11.0. The van der Waals surface area contributed by atoms with Crippen LogP contribution in [0.3, 0.4) is 0 Å². The molecule has 39 heavy (non-hydrogen) atoms. The largest absolute Gasteiger partial charge is 0.493 e. The molecular formula is C31H31N3O5. The van der Waals surface area contributed by atoms with Gasteiger partial charge >= 0.3 is 0 Å². The Hall–Kier alpha value is -4.56. The average molecular weight is 526 g/mol. The van der Waals surface area contributed by atoms with Crippen molar-refractivity contribution in [3.05, 3.63) is 83.6 Å². The molecule has 0 aliphatic rings. The summed E-state index contributed by atoms with van der Waals surface area (Å²) >= 11 is 0. The van der Waals surface area contributed by atoms with Gasteiger partial charge in [-0.2, -0.15) is 0 Å². The number of aliphatic hydroxyl groups excluding tert-OH is 1. The van der Waals surface area contributed by atoms with Crippen LogP contribution in [0.25, 0.3) is 33.1 Å². The number of carbonyl (C=O) groups is 1. The van der Waals surface area contributed by atoms with E-state index in [-0.39, 0.29) is 12.5 Å². The van der Waals surface area contributed by atoms with Crippen molar-refractivity contribution >= 4 is 27.7 Å². The van der Waals surface area contributed by atoms with Gasteiger partial charge in [-0.05, 0) is 54.8 Å². The Labute approximate surface area is 226 Å². The highest BCUT2D eigenvalue weighted by Gasteiger charge is 2.21. The Morgan fingerprint density at radius 3 is 2.44 bits per heavy atom. The number of para-hydroxylation sites is 1. The SMILES string of the molecule is COc1cc(-c2cc(C(=O)N[C@H](CO)Cc3c[nH]c4cccc(C)c34)c3ccccc3n2)cc(OC)c1OC. The van der Waals surface area contributed by atoms with Crippen LogP contribution in [0.15, 0.2) is 66.9 Å². The lowest BCUT2D eigenvalue weighted by Gasteiger charge is -2.18. The van der Waals surface area contributed by atoms with Gasteiger partial charge in [-0.1, -0.05) is 30.3 Å². The van der Waals surface area contributed by atoms with Gasteiger partial charge in [0, 0.05) is 28.0 Å². The molecular weight excluding hydrogens is 494 g/mol. The number of benzene rings is 3. The predicted molar refractivity (Wildman–Crippen MR) is 152 cm³/mol. The molecule has 5 rings (SSSR count). The number of amides is 1. The lowest BCUT2D eigenvalue weighted by Crippen LogP contribution is -2.39. The van der Waals surface area contributed by atoms with E-state index in [2.05, 4.69) is 23.3 Å². The van der Waals surface area contributed by atoms with Crippen molar-refractivity contribution in [1.82, 2.24) is 15.3 Å². The molecule has 3 N–H and O–H groups in total. The third-order valence-electron chi connectivity index (χ3n) is 6.94. The van der Waals surface area contributed by atoms with Crippen LogP contribution in [-0.4, -0.2) is 55.0 Å². The van der Waals surface area contributed by atoms with E-state index in [1.54, 1.807) is 39.5 Å². The van der Waals surface area contributed by atoms with Crippen LogP contribution in [-0.2, 0) is 6.42 Å². The molecule has 5 aromatic rings. The Morgan fingerprint density at radius 2 is 1.74 bits per heavy atom. The first-order chi connectivity index (χ1) is 19.0. The summed E-state index contributed by atoms with van der Waals surface area (Å²) in [5.41, 5.74) is 5.62. The van der Waals surface area contributed by atoms with Crippen molar-refractivity contribution in [2.24, 2.45) is 0 Å². The van der Waals surface area contributed by atoms with Crippen LogP contribution in [0.2, 0.25) is 0 Å². The standard InChI is InChI=1S/C31H31N3O5/c1-18-8-7-11-25-29(18)20(16-32-25)12-21(17-35)33-31(36)23-15-26(34-24-10-6-5-9-22(23)24)19-13-27(37-2)30(39-4)28(14-19)38-3/h5-11,13-16,21,32,35H,12,17H2,1-4H3,(H,33,36)/t21-/m0/s1. The van der Waals surface area contributed by atoms with E-state index < -0.39 is 6.04 Å². The number of H-pyrrole nitrogens is 1. The number of aromatic amines is 1. The molecule has 0 spiro atoms. The molecule has 0 fully saturated rings. The fraction of sp³-hybridized carbons (Fsp3) is 0.226. The first-order valence-electron chi connectivity index (χ1n) is 12.6. The normalized spacial score (nSPS) is 11.9. The number of aromatic nitrogens is 2. The number of hydrogen-bond acceptors (Lipinski definition) is 6. The highest BCUT2D eigenvalue weighted by atomic mass is 16.5. The first-order valence-corrected chi connectivity index (χ1v) is 12.6. The number of aryl methyl sites for hydroxylation is 1. The summed E-state index contributed by atoms with van der Waals surface area (Å²) in [5, 5.41) is 15.1. The van der Waals surface area contributed by atoms with E-state index in [1.165, 1.54) is 0 Å². The molecule has 0 bridgehead atoms. The van der Waals surface area contributed by atoms with Crippen LogP contribution < -0.4 is 19.5 Å². The number of nitrogens with zero attached hydrogens (tertiary/aromatic N) is 1. The number of nitrogens with one attached hydrogen (secondary N) is 2. The Kier molecular flexibility index (Phi) is 7.38. The molecule has 0 saturated carbocycles. The molecule has 1 atom stereocenters. The summed E-state index contributed by atoms with van der Waals surface area (Å²) in [6.07, 6.45) is 2.42. The summed E-state index contributed by atoms with van der Waals surface area (Å²) in [4.78, 5) is 21.8. The molecule has 200 valence electrons. The number of pyridine rings is 1. The summed E-state index contributed by atoms with van der Waals surface area (Å²) in [6.45, 7) is 1.85. The Bertz CT molecular complexity index is 1630. The van der Waals surface area contributed by atoms with Crippen LogP contribution in [0.1, 0.15) is 21.5 Å². The molecule has 2 aromatic heterocycles. The second-order valence-corrected chi connectivity index (χ2v) is 9.35. The number of aliphatic hydroxyl groups is 1. The lowest BCUT2D eigenvalue weighted by molar-refractivity contribution is 0.0918. The Morgan fingerprint density at radius 1 is 1.00 bits per heavy atom. The summed E-state index contributed by atoms with van der Waals surface area (Å²) in [6, 6.07) is 18.4. The van der Waals surface area contributed by atoms with E-state index in [1.807, 2.05) is 42.6 Å². The van der Waals surface area contributed by atoms with Crippen molar-refractivity contribution in [2.45, 2.75) is 19.4 Å². The maximum atomic E-state index is 13.7. The van der Waals surface area contributed by atoms with Crippen LogP contribution in [0, 0.1) is 6.92 Å². The van der Waals surface area contributed by atoms with E-state index in [0.29, 0.717) is 51.4 Å². The fourth-order valence-corrected chi connectivity index (χ4v) is 5.04. The molecule has 8 heteroatoms. The molecule has 0 aliphatic carbocycles. The molecule has 1 amide bonds. The second-order valence-electron chi connectivity index (χ2n) is 9.35. The Balaban J connectivity index is 1.52.